The minimum atomic E-state index is -5.53. The molecule has 1 aromatic rings. The summed E-state index contributed by atoms with van der Waals surface area (Å²) in [4.78, 5) is -0.361. The van der Waals surface area contributed by atoms with Gasteiger partial charge in [-0.25, -0.2) is 0 Å². The predicted molar refractivity (Wildman–Crippen MR) is 44.9 cm³/mol. The molecule has 1 aromatic heterocycles. The summed E-state index contributed by atoms with van der Waals surface area (Å²) in [6, 6.07) is 2.30. The van der Waals surface area contributed by atoms with Crippen LogP contribution in [0, 0.1) is 5.92 Å². The first-order valence-electron chi connectivity index (χ1n) is 3.99. The molecule has 0 amide bonds. The Labute approximate surface area is 90.3 Å². The van der Waals surface area contributed by atoms with E-state index in [0.29, 0.717) is 11.3 Å². The molecule has 1 rings (SSSR count). The van der Waals surface area contributed by atoms with E-state index in [2.05, 4.69) is 0 Å². The summed E-state index contributed by atoms with van der Waals surface area (Å²) >= 11 is 0.642. The first kappa shape index (κ1) is 13.3. The van der Waals surface area contributed by atoms with Crippen LogP contribution in [0.4, 0.5) is 26.3 Å². The van der Waals surface area contributed by atoms with Gasteiger partial charge in [0.15, 0.2) is 5.92 Å². The molecule has 92 valence electrons. The fourth-order valence-corrected chi connectivity index (χ4v) is 1.91. The zero-order valence-corrected chi connectivity index (χ0v) is 8.33. The molecule has 1 nitrogen and oxygen atoms in total. The van der Waals surface area contributed by atoms with Crippen molar-refractivity contribution < 1.29 is 31.4 Å². The molecule has 8 heteroatoms. The number of aliphatic hydroxyl groups is 1. The van der Waals surface area contributed by atoms with E-state index in [0.717, 1.165) is 6.07 Å². The Balaban J connectivity index is 3.04. The molecule has 1 atom stereocenters. The van der Waals surface area contributed by atoms with Crippen molar-refractivity contribution in [1.29, 1.82) is 0 Å². The van der Waals surface area contributed by atoms with Gasteiger partial charge in [0.1, 0.15) is 6.10 Å². The first-order chi connectivity index (χ1) is 7.14. The highest BCUT2D eigenvalue weighted by Gasteiger charge is 2.60. The Bertz CT molecular complexity index is 313. The minimum absolute atomic E-state index is 0.361. The third kappa shape index (κ3) is 2.88. The quantitative estimate of drug-likeness (QED) is 0.810. The maximum atomic E-state index is 12.2. The highest BCUT2D eigenvalue weighted by molar-refractivity contribution is 7.10. The second-order valence-corrected chi connectivity index (χ2v) is 4.00. The number of halogens is 6. The number of rotatable bonds is 2. The first-order valence-corrected chi connectivity index (χ1v) is 4.87. The van der Waals surface area contributed by atoms with E-state index in [1.807, 2.05) is 0 Å². The van der Waals surface area contributed by atoms with Crippen LogP contribution in [0.25, 0.3) is 0 Å². The molecule has 16 heavy (non-hydrogen) atoms. The lowest BCUT2D eigenvalue weighted by atomic mass is 10.00. The fourth-order valence-electron chi connectivity index (χ4n) is 1.17. The Morgan fingerprint density at radius 1 is 1.06 bits per heavy atom. The van der Waals surface area contributed by atoms with Crippen molar-refractivity contribution in [2.24, 2.45) is 5.92 Å². The average Bonchev–Trinajstić information content (AvgIpc) is 2.48. The Hall–Kier alpha value is -0.760. The van der Waals surface area contributed by atoms with Gasteiger partial charge in [-0.15, -0.1) is 11.3 Å². The summed E-state index contributed by atoms with van der Waals surface area (Å²) in [6.07, 6.45) is -13.7. The van der Waals surface area contributed by atoms with Gasteiger partial charge in [0.2, 0.25) is 0 Å². The van der Waals surface area contributed by atoms with Gasteiger partial charge in [-0.1, -0.05) is 6.07 Å². The van der Waals surface area contributed by atoms with Gasteiger partial charge in [0.25, 0.3) is 0 Å². The molecule has 0 spiro atoms. The van der Waals surface area contributed by atoms with E-state index in [1.54, 1.807) is 0 Å². The third-order valence-corrected chi connectivity index (χ3v) is 2.80. The molecular formula is C8H6F6OS. The summed E-state index contributed by atoms with van der Waals surface area (Å²) in [7, 11) is 0. The minimum Gasteiger partial charge on any atom is -0.387 e. The zero-order valence-electron chi connectivity index (χ0n) is 7.51. The number of aliphatic hydroxyl groups excluding tert-OH is 1. The number of alkyl halides is 6. The summed E-state index contributed by atoms with van der Waals surface area (Å²) < 4.78 is 73.1. The molecule has 0 aliphatic carbocycles. The van der Waals surface area contributed by atoms with Gasteiger partial charge in [0.05, 0.1) is 0 Å². The Kier molecular flexibility index (Phi) is 3.53. The van der Waals surface area contributed by atoms with E-state index < -0.39 is 24.4 Å². The summed E-state index contributed by atoms with van der Waals surface area (Å²) in [5.74, 6) is -3.75. The van der Waals surface area contributed by atoms with Crippen LogP contribution in [0.1, 0.15) is 11.0 Å². The topological polar surface area (TPSA) is 20.2 Å². The monoisotopic (exact) mass is 264 g/mol. The molecular weight excluding hydrogens is 258 g/mol. The molecule has 0 aromatic carbocycles. The third-order valence-electron chi connectivity index (χ3n) is 1.86. The lowest BCUT2D eigenvalue weighted by molar-refractivity contribution is -0.307. The molecule has 1 unspecified atom stereocenters. The molecule has 0 aliphatic rings. The summed E-state index contributed by atoms with van der Waals surface area (Å²) in [5.41, 5.74) is 0. The van der Waals surface area contributed by atoms with Crippen molar-refractivity contribution in [2.45, 2.75) is 18.5 Å². The molecule has 0 bridgehead atoms. The average molecular weight is 264 g/mol. The zero-order chi connectivity index (χ0) is 12.6. The van der Waals surface area contributed by atoms with Crippen LogP contribution in [0.5, 0.6) is 0 Å². The highest BCUT2D eigenvalue weighted by Crippen LogP contribution is 2.47. The van der Waals surface area contributed by atoms with Gasteiger partial charge in [0, 0.05) is 4.88 Å². The van der Waals surface area contributed by atoms with Crippen molar-refractivity contribution in [3.63, 3.8) is 0 Å². The van der Waals surface area contributed by atoms with Crippen molar-refractivity contribution >= 4 is 11.3 Å². The number of hydrogen-bond acceptors (Lipinski definition) is 2. The molecule has 1 N–H and O–H groups in total. The van der Waals surface area contributed by atoms with E-state index in [-0.39, 0.29) is 4.88 Å². The van der Waals surface area contributed by atoms with Crippen LogP contribution in [0.3, 0.4) is 0 Å². The van der Waals surface area contributed by atoms with Crippen molar-refractivity contribution in [3.8, 4) is 0 Å². The largest absolute Gasteiger partial charge is 0.403 e. The van der Waals surface area contributed by atoms with Gasteiger partial charge in [-0.3, -0.25) is 0 Å². The van der Waals surface area contributed by atoms with Gasteiger partial charge < -0.3 is 5.11 Å². The molecule has 0 saturated carbocycles. The van der Waals surface area contributed by atoms with Crippen molar-refractivity contribution in [2.75, 3.05) is 0 Å². The van der Waals surface area contributed by atoms with E-state index >= 15 is 0 Å². The van der Waals surface area contributed by atoms with Crippen LogP contribution >= 0.6 is 11.3 Å². The smallest absolute Gasteiger partial charge is 0.387 e. The maximum Gasteiger partial charge on any atom is 0.403 e. The van der Waals surface area contributed by atoms with Crippen LogP contribution in [-0.4, -0.2) is 17.5 Å². The van der Waals surface area contributed by atoms with E-state index in [9.17, 15) is 26.3 Å². The van der Waals surface area contributed by atoms with Gasteiger partial charge in [-0.2, -0.15) is 26.3 Å². The molecule has 0 saturated heterocycles. The van der Waals surface area contributed by atoms with Crippen LogP contribution in [0.15, 0.2) is 17.5 Å². The Morgan fingerprint density at radius 2 is 1.56 bits per heavy atom. The Morgan fingerprint density at radius 3 is 1.88 bits per heavy atom. The van der Waals surface area contributed by atoms with E-state index in [1.165, 1.54) is 11.4 Å². The lowest BCUT2D eigenvalue weighted by Crippen LogP contribution is -2.40. The predicted octanol–water partition coefficient (Wildman–Crippen LogP) is 3.52. The molecule has 0 aliphatic heterocycles. The van der Waals surface area contributed by atoms with Crippen LogP contribution < -0.4 is 0 Å². The van der Waals surface area contributed by atoms with Crippen LogP contribution in [0.2, 0.25) is 0 Å². The molecule has 0 fully saturated rings. The fraction of sp³-hybridized carbons (Fsp3) is 0.500. The summed E-state index contributed by atoms with van der Waals surface area (Å²) in [5, 5.41) is 10.4. The van der Waals surface area contributed by atoms with E-state index in [4.69, 9.17) is 5.11 Å². The van der Waals surface area contributed by atoms with Crippen LogP contribution in [-0.2, 0) is 0 Å². The second kappa shape index (κ2) is 4.25. The highest BCUT2D eigenvalue weighted by atomic mass is 32.1. The lowest BCUT2D eigenvalue weighted by Gasteiger charge is -2.26. The normalized spacial score (nSPS) is 15.5. The standard InChI is InChI=1S/C8H6F6OS/c9-7(10,11)6(8(12,13)14)5(15)4-2-1-3-16-4/h1-3,5-6,15H. The molecule has 0 radical (unpaired) electrons. The second-order valence-electron chi connectivity index (χ2n) is 3.02. The summed E-state index contributed by atoms with van der Waals surface area (Å²) in [6.45, 7) is 0. The van der Waals surface area contributed by atoms with Crippen molar-refractivity contribution in [1.82, 2.24) is 0 Å². The van der Waals surface area contributed by atoms with Gasteiger partial charge >= 0.3 is 12.4 Å². The molecule has 1 heterocycles. The number of hydrogen-bond donors (Lipinski definition) is 1. The SMILES string of the molecule is OC(c1cccs1)C(C(F)(F)F)C(F)(F)F. The maximum absolute atomic E-state index is 12.2. The number of thiophene rings is 1. The van der Waals surface area contributed by atoms with Gasteiger partial charge in [-0.05, 0) is 11.4 Å². The van der Waals surface area contributed by atoms with Crippen molar-refractivity contribution in [3.05, 3.63) is 22.4 Å².